The van der Waals surface area contributed by atoms with Crippen LogP contribution in [0.25, 0.3) is 11.3 Å². The molecular formula is C21H24FN3O2. The lowest BCUT2D eigenvalue weighted by atomic mass is 9.88. The number of nitrogens with zero attached hydrogens (tertiary/aromatic N) is 2. The van der Waals surface area contributed by atoms with Gasteiger partial charge in [-0.2, -0.15) is 10.2 Å². The minimum atomic E-state index is -0.566. The Morgan fingerprint density at radius 1 is 1.30 bits per heavy atom. The lowest BCUT2D eigenvalue weighted by molar-refractivity contribution is 0.0427. The maximum atomic E-state index is 14.2. The first-order valence-corrected chi connectivity index (χ1v) is 9.35. The second kappa shape index (κ2) is 6.01. The fraction of sp³-hybridized carbons (Fsp3) is 0.476. The molecule has 3 unspecified atom stereocenters. The SMILES string of the molecule is CC1C2CCC1(NC(=O)OC(C)(C)C)c1nnc(-c3ccccc3F)cc12. The molecule has 1 amide bonds. The van der Waals surface area contributed by atoms with Crippen molar-refractivity contribution in [3.63, 3.8) is 0 Å². The number of hydrogen-bond donors (Lipinski definition) is 1. The number of aromatic nitrogens is 2. The van der Waals surface area contributed by atoms with Gasteiger partial charge in [0, 0.05) is 5.56 Å². The minimum absolute atomic E-state index is 0.185. The van der Waals surface area contributed by atoms with Crippen LogP contribution < -0.4 is 5.32 Å². The molecule has 3 atom stereocenters. The molecule has 1 N–H and O–H groups in total. The number of carbonyl (C=O) groups is 1. The molecule has 2 bridgehead atoms. The lowest BCUT2D eigenvalue weighted by Gasteiger charge is -2.32. The normalized spacial score (nSPS) is 26.0. The topological polar surface area (TPSA) is 64.1 Å². The summed E-state index contributed by atoms with van der Waals surface area (Å²) in [5, 5.41) is 11.8. The molecule has 6 heteroatoms. The molecule has 142 valence electrons. The van der Waals surface area contributed by atoms with Gasteiger partial charge in [-0.1, -0.05) is 19.1 Å². The van der Waals surface area contributed by atoms with Crippen LogP contribution in [0.3, 0.4) is 0 Å². The molecule has 2 aliphatic rings. The zero-order valence-electron chi connectivity index (χ0n) is 16.0. The lowest BCUT2D eigenvalue weighted by Crippen LogP contribution is -2.48. The van der Waals surface area contributed by atoms with Gasteiger partial charge in [-0.15, -0.1) is 0 Å². The zero-order valence-corrected chi connectivity index (χ0v) is 16.0. The Morgan fingerprint density at radius 3 is 2.74 bits per heavy atom. The molecule has 2 aliphatic carbocycles. The first-order valence-electron chi connectivity index (χ1n) is 9.35. The fourth-order valence-electron chi connectivity index (χ4n) is 4.52. The van der Waals surface area contributed by atoms with Crippen molar-refractivity contribution in [1.82, 2.24) is 15.5 Å². The van der Waals surface area contributed by atoms with Gasteiger partial charge in [-0.05, 0) is 69.2 Å². The summed E-state index contributed by atoms with van der Waals surface area (Å²) < 4.78 is 19.6. The van der Waals surface area contributed by atoms with Gasteiger partial charge in [0.05, 0.1) is 16.9 Å². The van der Waals surface area contributed by atoms with Crippen molar-refractivity contribution in [2.24, 2.45) is 5.92 Å². The molecule has 27 heavy (non-hydrogen) atoms. The largest absolute Gasteiger partial charge is 0.444 e. The van der Waals surface area contributed by atoms with Crippen LogP contribution in [-0.2, 0) is 10.3 Å². The van der Waals surface area contributed by atoms with Crippen LogP contribution in [0.15, 0.2) is 30.3 Å². The van der Waals surface area contributed by atoms with Crippen LogP contribution in [0.1, 0.15) is 57.7 Å². The third-order valence-electron chi connectivity index (χ3n) is 5.75. The van der Waals surface area contributed by atoms with Crippen LogP contribution in [0.4, 0.5) is 9.18 Å². The summed E-state index contributed by atoms with van der Waals surface area (Å²) in [6.45, 7) is 7.65. The van der Waals surface area contributed by atoms with Gasteiger partial charge in [0.1, 0.15) is 11.4 Å². The van der Waals surface area contributed by atoms with Gasteiger partial charge in [-0.3, -0.25) is 0 Å². The van der Waals surface area contributed by atoms with Crippen LogP contribution in [-0.4, -0.2) is 21.9 Å². The van der Waals surface area contributed by atoms with E-state index in [9.17, 15) is 9.18 Å². The molecule has 0 aliphatic heterocycles. The highest BCUT2D eigenvalue weighted by molar-refractivity contribution is 5.70. The maximum absolute atomic E-state index is 14.2. The molecule has 1 heterocycles. The number of halogens is 1. The summed E-state index contributed by atoms with van der Waals surface area (Å²) in [5.74, 6) is 0.144. The standard InChI is InChI=1S/C21H24FN3O2/c1-12-13-9-10-21(12,23-19(26)27-20(2,3)4)18-15(13)11-17(24-25-18)14-7-5-6-8-16(14)22/h5-8,11-13H,9-10H2,1-4H3,(H,23,26). The Bertz CT molecular complexity index is 909. The smallest absolute Gasteiger partial charge is 0.408 e. The predicted octanol–water partition coefficient (Wildman–Crippen LogP) is 4.53. The maximum Gasteiger partial charge on any atom is 0.408 e. The van der Waals surface area contributed by atoms with Crippen molar-refractivity contribution >= 4 is 6.09 Å². The van der Waals surface area contributed by atoms with E-state index in [0.29, 0.717) is 11.3 Å². The average Bonchev–Trinajstić information content (AvgIpc) is 3.01. The van der Waals surface area contributed by atoms with Crippen LogP contribution in [0, 0.1) is 11.7 Å². The molecule has 1 saturated carbocycles. The molecule has 5 nitrogen and oxygen atoms in total. The van der Waals surface area contributed by atoms with Gasteiger partial charge in [-0.25, -0.2) is 9.18 Å². The van der Waals surface area contributed by atoms with Crippen molar-refractivity contribution in [3.8, 4) is 11.3 Å². The summed E-state index contributed by atoms with van der Waals surface area (Å²) >= 11 is 0. The van der Waals surface area contributed by atoms with Crippen molar-refractivity contribution < 1.29 is 13.9 Å². The predicted molar refractivity (Wildman–Crippen MR) is 99.6 cm³/mol. The van der Waals surface area contributed by atoms with Crippen molar-refractivity contribution in [1.29, 1.82) is 0 Å². The third-order valence-corrected chi connectivity index (χ3v) is 5.75. The second-order valence-electron chi connectivity index (χ2n) is 8.55. The molecule has 0 saturated heterocycles. The van der Waals surface area contributed by atoms with E-state index >= 15 is 0 Å². The van der Waals surface area contributed by atoms with Gasteiger partial charge in [0.2, 0.25) is 0 Å². The number of rotatable bonds is 2. The first kappa shape index (κ1) is 17.9. The second-order valence-corrected chi connectivity index (χ2v) is 8.55. The average molecular weight is 369 g/mol. The van der Waals surface area contributed by atoms with E-state index in [2.05, 4.69) is 22.4 Å². The van der Waals surface area contributed by atoms with Crippen LogP contribution in [0.5, 0.6) is 0 Å². The Labute approximate surface area is 158 Å². The molecule has 0 spiro atoms. The van der Waals surface area contributed by atoms with E-state index in [1.54, 1.807) is 18.2 Å². The zero-order chi connectivity index (χ0) is 19.4. The molecular weight excluding hydrogens is 345 g/mol. The van der Waals surface area contributed by atoms with E-state index in [1.165, 1.54) is 6.07 Å². The summed E-state index contributed by atoms with van der Waals surface area (Å²) in [5.41, 5.74) is 1.68. The van der Waals surface area contributed by atoms with Gasteiger partial charge < -0.3 is 10.1 Å². The molecule has 1 aromatic heterocycles. The molecule has 1 aromatic carbocycles. The number of alkyl carbamates (subject to hydrolysis) is 1. The molecule has 0 radical (unpaired) electrons. The summed E-state index contributed by atoms with van der Waals surface area (Å²) in [4.78, 5) is 12.5. The van der Waals surface area contributed by atoms with Crippen LogP contribution in [0.2, 0.25) is 0 Å². The Hall–Kier alpha value is -2.50. The molecule has 2 aromatic rings. The van der Waals surface area contributed by atoms with Crippen molar-refractivity contribution in [2.75, 3.05) is 0 Å². The van der Waals surface area contributed by atoms with Gasteiger partial charge in [0.15, 0.2) is 0 Å². The summed E-state index contributed by atoms with van der Waals surface area (Å²) in [6.07, 6.45) is 1.31. The van der Waals surface area contributed by atoms with E-state index in [4.69, 9.17) is 4.74 Å². The summed E-state index contributed by atoms with van der Waals surface area (Å²) in [7, 11) is 0. The van der Waals surface area contributed by atoms with E-state index in [0.717, 1.165) is 24.1 Å². The van der Waals surface area contributed by atoms with E-state index in [-0.39, 0.29) is 17.7 Å². The highest BCUT2D eigenvalue weighted by atomic mass is 19.1. The monoisotopic (exact) mass is 369 g/mol. The van der Waals surface area contributed by atoms with Crippen molar-refractivity contribution in [3.05, 3.63) is 47.4 Å². The minimum Gasteiger partial charge on any atom is -0.444 e. The number of ether oxygens (including phenoxy) is 1. The Morgan fingerprint density at radius 2 is 2.04 bits per heavy atom. The number of fused-ring (bicyclic) bond motifs is 5. The Kier molecular flexibility index (Phi) is 3.98. The third kappa shape index (κ3) is 2.87. The molecule has 1 fully saturated rings. The number of amides is 1. The number of nitrogens with one attached hydrogen (secondary N) is 1. The fourth-order valence-corrected chi connectivity index (χ4v) is 4.52. The Balaban J connectivity index is 1.71. The van der Waals surface area contributed by atoms with Crippen LogP contribution >= 0.6 is 0 Å². The van der Waals surface area contributed by atoms with E-state index in [1.807, 2.05) is 26.8 Å². The molecule has 4 rings (SSSR count). The number of carbonyl (C=O) groups excluding carboxylic acids is 1. The highest BCUT2D eigenvalue weighted by Crippen LogP contribution is 2.59. The quantitative estimate of drug-likeness (QED) is 0.845. The number of hydrogen-bond acceptors (Lipinski definition) is 4. The number of benzene rings is 1. The first-order chi connectivity index (χ1) is 12.7. The van der Waals surface area contributed by atoms with Crippen molar-refractivity contribution in [2.45, 2.75) is 57.6 Å². The van der Waals surface area contributed by atoms with E-state index < -0.39 is 17.2 Å². The van der Waals surface area contributed by atoms with Gasteiger partial charge >= 0.3 is 6.09 Å². The highest BCUT2D eigenvalue weighted by Gasteiger charge is 2.57. The summed E-state index contributed by atoms with van der Waals surface area (Å²) in [6, 6.07) is 8.50. The van der Waals surface area contributed by atoms with Gasteiger partial charge in [0.25, 0.3) is 0 Å².